The first-order valence-electron chi connectivity index (χ1n) is 10.7. The minimum absolute atomic E-state index is 0.0252. The SMILES string of the molecule is CC.CC(C)OC(C[SiH2]C(C)[SiH2]CC(OC(C)C)OC(C)C)OC(C)C. The Hall–Kier alpha value is 0.274. The van der Waals surface area contributed by atoms with Crippen LogP contribution in [0.5, 0.6) is 0 Å². The van der Waals surface area contributed by atoms with Gasteiger partial charge in [-0.1, -0.05) is 25.9 Å². The average Bonchev–Trinajstić information content (AvgIpc) is 2.50. The normalized spacial score (nSPS) is 14.2. The fourth-order valence-electron chi connectivity index (χ4n) is 2.54. The van der Waals surface area contributed by atoms with E-state index in [0.717, 1.165) is 17.3 Å². The van der Waals surface area contributed by atoms with Crippen LogP contribution in [0.4, 0.5) is 0 Å². The Morgan fingerprint density at radius 2 is 0.731 bits per heavy atom. The highest BCUT2D eigenvalue weighted by Crippen LogP contribution is 2.15. The Bertz CT molecular complexity index is 252. The van der Waals surface area contributed by atoms with E-state index in [1.165, 1.54) is 0 Å². The molecule has 0 N–H and O–H groups in total. The third-order valence-electron chi connectivity index (χ3n) is 3.49. The van der Waals surface area contributed by atoms with Gasteiger partial charge in [-0.05, 0) is 67.5 Å². The van der Waals surface area contributed by atoms with Crippen molar-refractivity contribution in [2.24, 2.45) is 0 Å². The number of rotatable bonds is 14. The van der Waals surface area contributed by atoms with E-state index in [9.17, 15) is 0 Å². The zero-order valence-electron chi connectivity index (χ0n) is 19.5. The second-order valence-electron chi connectivity index (χ2n) is 7.86. The van der Waals surface area contributed by atoms with Crippen LogP contribution < -0.4 is 0 Å². The third-order valence-corrected chi connectivity index (χ3v) is 9.52. The van der Waals surface area contributed by atoms with Crippen molar-refractivity contribution in [1.82, 2.24) is 0 Å². The van der Waals surface area contributed by atoms with Crippen molar-refractivity contribution >= 4 is 19.0 Å². The average molecular weight is 409 g/mol. The zero-order valence-corrected chi connectivity index (χ0v) is 22.3. The highest BCUT2D eigenvalue weighted by Gasteiger charge is 2.18. The number of ether oxygens (including phenoxy) is 4. The Kier molecular flexibility index (Phi) is 19.0. The van der Waals surface area contributed by atoms with E-state index in [2.05, 4.69) is 62.3 Å². The molecule has 0 aromatic rings. The van der Waals surface area contributed by atoms with Gasteiger partial charge in [0.15, 0.2) is 12.6 Å². The first kappa shape index (κ1) is 28.5. The molecule has 0 heterocycles. The van der Waals surface area contributed by atoms with Gasteiger partial charge in [-0.3, -0.25) is 0 Å². The zero-order chi connectivity index (χ0) is 20.7. The number of hydrogen-bond acceptors (Lipinski definition) is 4. The predicted octanol–water partition coefficient (Wildman–Crippen LogP) is 4.30. The molecule has 0 spiro atoms. The summed E-state index contributed by atoms with van der Waals surface area (Å²) in [5, 5.41) is 0.869. The molecule has 0 amide bonds. The van der Waals surface area contributed by atoms with Crippen molar-refractivity contribution in [1.29, 1.82) is 0 Å². The minimum Gasteiger partial charge on any atom is -0.350 e. The first-order valence-corrected chi connectivity index (χ1v) is 14.3. The van der Waals surface area contributed by atoms with Crippen molar-refractivity contribution in [3.8, 4) is 0 Å². The van der Waals surface area contributed by atoms with E-state index in [1.807, 2.05) is 13.8 Å². The van der Waals surface area contributed by atoms with Crippen molar-refractivity contribution in [2.45, 2.75) is 130 Å². The predicted molar refractivity (Wildman–Crippen MR) is 120 cm³/mol. The summed E-state index contributed by atoms with van der Waals surface area (Å²) in [4.78, 5) is 0. The molecule has 0 aliphatic heterocycles. The molecular formula is C20H48O4Si2. The molecule has 0 aromatic carbocycles. The molecule has 0 radical (unpaired) electrons. The van der Waals surface area contributed by atoms with Crippen LogP contribution in [0.1, 0.15) is 76.2 Å². The summed E-state index contributed by atoms with van der Waals surface area (Å²) in [5.74, 6) is 0. The molecule has 0 unspecified atom stereocenters. The molecule has 26 heavy (non-hydrogen) atoms. The van der Waals surface area contributed by atoms with E-state index in [0.29, 0.717) is 0 Å². The molecule has 0 saturated heterocycles. The molecule has 0 aromatic heterocycles. The van der Waals surface area contributed by atoms with Gasteiger partial charge in [0.25, 0.3) is 0 Å². The molecule has 6 heteroatoms. The monoisotopic (exact) mass is 408 g/mol. The van der Waals surface area contributed by atoms with Crippen LogP contribution in [-0.2, 0) is 18.9 Å². The minimum atomic E-state index is -0.194. The maximum Gasteiger partial charge on any atom is 0.155 e. The van der Waals surface area contributed by atoms with Gasteiger partial charge in [0.1, 0.15) is 0 Å². The molecule has 0 bridgehead atoms. The molecule has 0 fully saturated rings. The number of hydrogen-bond donors (Lipinski definition) is 0. The Morgan fingerprint density at radius 1 is 0.500 bits per heavy atom. The van der Waals surface area contributed by atoms with E-state index in [1.54, 1.807) is 0 Å². The van der Waals surface area contributed by atoms with Crippen molar-refractivity contribution in [3.63, 3.8) is 0 Å². The third kappa shape index (κ3) is 19.0. The van der Waals surface area contributed by atoms with Crippen molar-refractivity contribution in [2.75, 3.05) is 0 Å². The molecule has 0 saturated carbocycles. The second kappa shape index (κ2) is 17.4. The van der Waals surface area contributed by atoms with Crippen molar-refractivity contribution in [3.05, 3.63) is 0 Å². The first-order chi connectivity index (χ1) is 12.1. The summed E-state index contributed by atoms with van der Waals surface area (Å²) in [6, 6.07) is 2.20. The molecular weight excluding hydrogens is 360 g/mol. The van der Waals surface area contributed by atoms with Gasteiger partial charge in [0.2, 0.25) is 0 Å². The highest BCUT2D eigenvalue weighted by atomic mass is 28.3. The van der Waals surface area contributed by atoms with Crippen LogP contribution in [0.15, 0.2) is 0 Å². The molecule has 0 aliphatic rings. The lowest BCUT2D eigenvalue weighted by Crippen LogP contribution is -2.29. The molecule has 4 nitrogen and oxygen atoms in total. The largest absolute Gasteiger partial charge is 0.350 e. The lowest BCUT2D eigenvalue weighted by molar-refractivity contribution is -0.169. The standard InChI is InChI=1S/C18H42O4Si2.C2H6/c1-12(2)19-17(20-13(3)4)10-23-16(9)24-11-18(21-14(5)6)22-15(7)8;1-2/h12-18H,10-11,23-24H2,1-9H3;1-2H3. The molecule has 0 atom stereocenters. The fourth-order valence-corrected chi connectivity index (χ4v) is 7.33. The summed E-state index contributed by atoms with van der Waals surface area (Å²) in [6.45, 7) is 23.0. The van der Waals surface area contributed by atoms with Crippen LogP contribution in [-0.4, -0.2) is 56.0 Å². The summed E-state index contributed by atoms with van der Waals surface area (Å²) in [6.07, 6.45) is 0.833. The van der Waals surface area contributed by atoms with Gasteiger partial charge in [0.05, 0.1) is 24.4 Å². The van der Waals surface area contributed by atoms with Gasteiger partial charge < -0.3 is 18.9 Å². The lowest BCUT2D eigenvalue weighted by atomic mass is 10.4. The van der Waals surface area contributed by atoms with Gasteiger partial charge in [-0.25, -0.2) is 0 Å². The fraction of sp³-hybridized carbons (Fsp3) is 1.00. The summed E-state index contributed by atoms with van der Waals surface area (Å²) in [7, 11) is -0.388. The van der Waals surface area contributed by atoms with E-state index >= 15 is 0 Å². The molecule has 160 valence electrons. The van der Waals surface area contributed by atoms with Crippen molar-refractivity contribution < 1.29 is 18.9 Å². The van der Waals surface area contributed by atoms with Crippen LogP contribution in [0.3, 0.4) is 0 Å². The van der Waals surface area contributed by atoms with E-state index < -0.39 is 0 Å². The Morgan fingerprint density at radius 3 is 0.923 bits per heavy atom. The lowest BCUT2D eigenvalue weighted by Gasteiger charge is -2.25. The van der Waals surface area contributed by atoms with Crippen LogP contribution in [0.25, 0.3) is 0 Å². The van der Waals surface area contributed by atoms with Crippen LogP contribution in [0.2, 0.25) is 17.3 Å². The summed E-state index contributed by atoms with van der Waals surface area (Å²) in [5.41, 5.74) is 0. The second-order valence-corrected chi connectivity index (χ2v) is 14.1. The van der Waals surface area contributed by atoms with E-state index in [-0.39, 0.29) is 56.0 Å². The van der Waals surface area contributed by atoms with Crippen LogP contribution in [0, 0.1) is 0 Å². The van der Waals surface area contributed by atoms with Gasteiger partial charge in [-0.15, -0.1) is 0 Å². The van der Waals surface area contributed by atoms with E-state index in [4.69, 9.17) is 18.9 Å². The molecule has 0 rings (SSSR count). The maximum atomic E-state index is 5.92. The topological polar surface area (TPSA) is 36.9 Å². The quantitative estimate of drug-likeness (QED) is 0.317. The smallest absolute Gasteiger partial charge is 0.155 e. The van der Waals surface area contributed by atoms with Crippen LogP contribution >= 0.6 is 0 Å². The molecule has 0 aliphatic carbocycles. The Balaban J connectivity index is 0. The summed E-state index contributed by atoms with van der Waals surface area (Å²) < 4.78 is 23.7. The highest BCUT2D eigenvalue weighted by molar-refractivity contribution is 6.58. The van der Waals surface area contributed by atoms with Gasteiger partial charge in [0, 0.05) is 19.0 Å². The maximum absolute atomic E-state index is 5.92. The van der Waals surface area contributed by atoms with Gasteiger partial charge >= 0.3 is 0 Å². The summed E-state index contributed by atoms with van der Waals surface area (Å²) >= 11 is 0. The van der Waals surface area contributed by atoms with Gasteiger partial charge in [-0.2, -0.15) is 0 Å². The Labute approximate surface area is 168 Å².